The predicted molar refractivity (Wildman–Crippen MR) is 84.6 cm³/mol. The topological polar surface area (TPSA) is 75.9 Å². The monoisotopic (exact) mass is 283 g/mol. The number of aromatic nitrogens is 2. The first-order chi connectivity index (χ1) is 9.30. The Labute approximate surface area is 120 Å². The van der Waals surface area contributed by atoms with Crippen LogP contribution in [0, 0.1) is 0 Å². The zero-order valence-electron chi connectivity index (χ0n) is 11.9. The number of hydrogen-bond donors (Lipinski definition) is 3. The molecule has 0 aliphatic heterocycles. The SMILES string of the molecule is CCCc1nc(NN)cc(NCCCCCSC)n1. The van der Waals surface area contributed by atoms with Crippen molar-refractivity contribution in [3.63, 3.8) is 0 Å². The van der Waals surface area contributed by atoms with Gasteiger partial charge in [0.1, 0.15) is 17.5 Å². The molecule has 0 fully saturated rings. The molecule has 1 aromatic heterocycles. The molecule has 0 atom stereocenters. The summed E-state index contributed by atoms with van der Waals surface area (Å²) in [5.41, 5.74) is 2.59. The Bertz CT molecular complexity index is 359. The first kappa shape index (κ1) is 16.0. The maximum atomic E-state index is 5.42. The summed E-state index contributed by atoms with van der Waals surface area (Å²) in [5, 5.41) is 3.34. The van der Waals surface area contributed by atoms with Gasteiger partial charge in [-0.25, -0.2) is 15.8 Å². The number of nitrogens with zero attached hydrogens (tertiary/aromatic N) is 2. The Balaban J connectivity index is 2.41. The normalized spacial score (nSPS) is 10.5. The summed E-state index contributed by atoms with van der Waals surface area (Å²) in [5.74, 6) is 9.03. The van der Waals surface area contributed by atoms with Crippen molar-refractivity contribution in [2.75, 3.05) is 29.3 Å². The Morgan fingerprint density at radius 3 is 2.68 bits per heavy atom. The highest BCUT2D eigenvalue weighted by molar-refractivity contribution is 7.98. The summed E-state index contributed by atoms with van der Waals surface area (Å²) in [6, 6.07) is 1.85. The van der Waals surface area contributed by atoms with Gasteiger partial charge in [-0.05, 0) is 31.3 Å². The number of aryl methyl sites for hydroxylation is 1. The molecule has 0 aliphatic rings. The van der Waals surface area contributed by atoms with Gasteiger partial charge < -0.3 is 10.7 Å². The van der Waals surface area contributed by atoms with Crippen LogP contribution in [0.15, 0.2) is 6.07 Å². The molecule has 0 aromatic carbocycles. The van der Waals surface area contributed by atoms with Crippen LogP contribution in [0.3, 0.4) is 0 Å². The summed E-state index contributed by atoms with van der Waals surface area (Å²) < 4.78 is 0. The molecule has 0 saturated carbocycles. The van der Waals surface area contributed by atoms with Crippen LogP contribution in [0.2, 0.25) is 0 Å². The van der Waals surface area contributed by atoms with Gasteiger partial charge >= 0.3 is 0 Å². The molecule has 0 radical (unpaired) electrons. The van der Waals surface area contributed by atoms with Crippen molar-refractivity contribution in [2.24, 2.45) is 5.84 Å². The van der Waals surface area contributed by atoms with E-state index in [4.69, 9.17) is 5.84 Å². The van der Waals surface area contributed by atoms with Crippen molar-refractivity contribution in [3.05, 3.63) is 11.9 Å². The first-order valence-corrected chi connectivity index (χ1v) is 8.27. The van der Waals surface area contributed by atoms with E-state index in [9.17, 15) is 0 Å². The third-order valence-electron chi connectivity index (χ3n) is 2.73. The fraction of sp³-hybridized carbons (Fsp3) is 0.692. The van der Waals surface area contributed by atoms with E-state index < -0.39 is 0 Å². The van der Waals surface area contributed by atoms with E-state index in [1.54, 1.807) is 0 Å². The maximum absolute atomic E-state index is 5.42. The van der Waals surface area contributed by atoms with Crippen molar-refractivity contribution < 1.29 is 0 Å². The Hall–Kier alpha value is -1.01. The second-order valence-corrected chi connectivity index (χ2v) is 5.41. The molecule has 1 rings (SSSR count). The molecule has 1 heterocycles. The van der Waals surface area contributed by atoms with Gasteiger partial charge in [-0.1, -0.05) is 13.3 Å². The van der Waals surface area contributed by atoms with Crippen LogP contribution in [0.5, 0.6) is 0 Å². The molecule has 1 aromatic rings. The molecule has 6 heteroatoms. The lowest BCUT2D eigenvalue weighted by Gasteiger charge is -2.09. The van der Waals surface area contributed by atoms with Crippen LogP contribution in [0.4, 0.5) is 11.6 Å². The maximum Gasteiger partial charge on any atom is 0.145 e. The number of thioether (sulfide) groups is 1. The Morgan fingerprint density at radius 1 is 1.21 bits per heavy atom. The highest BCUT2D eigenvalue weighted by atomic mass is 32.2. The zero-order chi connectivity index (χ0) is 13.9. The van der Waals surface area contributed by atoms with Crippen LogP contribution >= 0.6 is 11.8 Å². The minimum Gasteiger partial charge on any atom is -0.370 e. The van der Waals surface area contributed by atoms with Gasteiger partial charge in [0, 0.05) is 19.0 Å². The van der Waals surface area contributed by atoms with Crippen molar-refractivity contribution in [1.82, 2.24) is 9.97 Å². The van der Waals surface area contributed by atoms with Gasteiger partial charge in [-0.2, -0.15) is 11.8 Å². The number of rotatable bonds is 10. The van der Waals surface area contributed by atoms with Gasteiger partial charge in [0.2, 0.25) is 0 Å². The third-order valence-corrected chi connectivity index (χ3v) is 3.42. The molecule has 4 N–H and O–H groups in total. The Kier molecular flexibility index (Phi) is 8.33. The lowest BCUT2D eigenvalue weighted by molar-refractivity contribution is 0.746. The third kappa shape index (κ3) is 6.63. The van der Waals surface area contributed by atoms with Crippen molar-refractivity contribution >= 4 is 23.4 Å². The van der Waals surface area contributed by atoms with E-state index in [0.29, 0.717) is 5.82 Å². The number of nitrogens with one attached hydrogen (secondary N) is 2. The van der Waals surface area contributed by atoms with Crippen LogP contribution in [0.1, 0.15) is 38.4 Å². The average Bonchev–Trinajstić information content (AvgIpc) is 2.43. The van der Waals surface area contributed by atoms with Crippen LogP contribution < -0.4 is 16.6 Å². The molecule has 19 heavy (non-hydrogen) atoms. The molecule has 0 unspecified atom stereocenters. The van der Waals surface area contributed by atoms with E-state index in [1.165, 1.54) is 25.0 Å². The van der Waals surface area contributed by atoms with Crippen LogP contribution in [0.25, 0.3) is 0 Å². The molecule has 0 aliphatic carbocycles. The summed E-state index contributed by atoms with van der Waals surface area (Å²) in [6.07, 6.45) is 7.75. The Morgan fingerprint density at radius 2 is 2.00 bits per heavy atom. The first-order valence-electron chi connectivity index (χ1n) is 6.87. The van der Waals surface area contributed by atoms with E-state index >= 15 is 0 Å². The number of unbranched alkanes of at least 4 members (excludes halogenated alkanes) is 2. The summed E-state index contributed by atoms with van der Waals surface area (Å²) in [7, 11) is 0. The minimum atomic E-state index is 0.670. The minimum absolute atomic E-state index is 0.670. The predicted octanol–water partition coefficient (Wildman–Crippen LogP) is 2.66. The van der Waals surface area contributed by atoms with Gasteiger partial charge in [-0.3, -0.25) is 0 Å². The van der Waals surface area contributed by atoms with Gasteiger partial charge in [0.25, 0.3) is 0 Å². The van der Waals surface area contributed by atoms with E-state index in [2.05, 4.69) is 33.9 Å². The lowest BCUT2D eigenvalue weighted by atomic mass is 10.2. The van der Waals surface area contributed by atoms with Crippen molar-refractivity contribution in [1.29, 1.82) is 0 Å². The standard InChI is InChI=1S/C13H25N5S/c1-3-7-11-16-12(10-13(17-11)18-14)15-8-5-4-6-9-19-2/h10H,3-9,14H2,1-2H3,(H2,15,16,17,18). The van der Waals surface area contributed by atoms with Crippen LogP contribution in [-0.4, -0.2) is 28.5 Å². The van der Waals surface area contributed by atoms with Gasteiger partial charge in [0.05, 0.1) is 0 Å². The van der Waals surface area contributed by atoms with Crippen molar-refractivity contribution in [3.8, 4) is 0 Å². The quantitative estimate of drug-likeness (QED) is 0.348. The number of hydrogen-bond acceptors (Lipinski definition) is 6. The number of hydrazine groups is 1. The smallest absolute Gasteiger partial charge is 0.145 e. The molecule has 0 amide bonds. The van der Waals surface area contributed by atoms with E-state index in [1.807, 2.05) is 17.8 Å². The lowest BCUT2D eigenvalue weighted by Crippen LogP contribution is -2.12. The highest BCUT2D eigenvalue weighted by Crippen LogP contribution is 2.12. The average molecular weight is 283 g/mol. The summed E-state index contributed by atoms with van der Waals surface area (Å²) >= 11 is 1.91. The molecule has 108 valence electrons. The number of nitrogens with two attached hydrogens (primary N) is 1. The van der Waals surface area contributed by atoms with Crippen LogP contribution in [-0.2, 0) is 6.42 Å². The largest absolute Gasteiger partial charge is 0.370 e. The molecule has 0 saturated heterocycles. The fourth-order valence-corrected chi connectivity index (χ4v) is 2.25. The second kappa shape index (κ2) is 9.86. The highest BCUT2D eigenvalue weighted by Gasteiger charge is 2.03. The van der Waals surface area contributed by atoms with Gasteiger partial charge in [-0.15, -0.1) is 0 Å². The van der Waals surface area contributed by atoms with E-state index in [-0.39, 0.29) is 0 Å². The molecular weight excluding hydrogens is 258 g/mol. The number of anilines is 2. The summed E-state index contributed by atoms with van der Waals surface area (Å²) in [4.78, 5) is 8.80. The van der Waals surface area contributed by atoms with Crippen molar-refractivity contribution in [2.45, 2.75) is 39.0 Å². The zero-order valence-corrected chi connectivity index (χ0v) is 12.7. The second-order valence-electron chi connectivity index (χ2n) is 4.43. The molecular formula is C13H25N5S. The fourth-order valence-electron chi connectivity index (χ4n) is 1.76. The number of nitrogen functional groups attached to an aromatic ring is 1. The molecule has 5 nitrogen and oxygen atoms in total. The van der Waals surface area contributed by atoms with E-state index in [0.717, 1.165) is 31.0 Å². The summed E-state index contributed by atoms with van der Waals surface area (Å²) in [6.45, 7) is 3.06. The van der Waals surface area contributed by atoms with Gasteiger partial charge in [0.15, 0.2) is 0 Å². The molecule has 0 bridgehead atoms. The molecule has 0 spiro atoms.